The van der Waals surface area contributed by atoms with Crippen LogP contribution in [0.15, 0.2) is 48.9 Å². The number of anilines is 1. The molecule has 3 rings (SSSR count). The number of pyridine rings is 1. The molecular weight excluding hydrogens is 469 g/mol. The number of ether oxygens (including phenoxy) is 2. The zero-order chi connectivity index (χ0) is 24.4. The third-order valence-electron chi connectivity index (χ3n) is 3.73. The van der Waals surface area contributed by atoms with E-state index in [2.05, 4.69) is 20.1 Å². The van der Waals surface area contributed by atoms with E-state index in [1.165, 1.54) is 0 Å². The lowest BCUT2D eigenvalue weighted by molar-refractivity contribution is -0.948. The monoisotopic (exact) mass is 479 g/mol. The summed E-state index contributed by atoms with van der Waals surface area (Å²) in [5.74, 6) is -5.08. The second kappa shape index (κ2) is 8.76. The van der Waals surface area contributed by atoms with Crippen molar-refractivity contribution in [2.24, 2.45) is 0 Å². The van der Waals surface area contributed by atoms with Gasteiger partial charge in [0.15, 0.2) is 17.3 Å². The summed E-state index contributed by atoms with van der Waals surface area (Å²) < 4.78 is 99.5. The number of halogens is 7. The fraction of sp³-hybridized carbons (Fsp3) is 0.111. The molecule has 0 aliphatic heterocycles. The van der Waals surface area contributed by atoms with E-state index in [0.717, 1.165) is 42.7 Å². The lowest BCUT2D eigenvalue weighted by Gasteiger charge is -2.15. The Morgan fingerprint density at radius 2 is 1.64 bits per heavy atom. The lowest BCUT2D eigenvalue weighted by Crippen LogP contribution is -2.33. The van der Waals surface area contributed by atoms with Crippen LogP contribution in [0.1, 0.15) is 16.1 Å². The molecule has 174 valence electrons. The van der Waals surface area contributed by atoms with Gasteiger partial charge >= 0.3 is 12.5 Å². The summed E-state index contributed by atoms with van der Waals surface area (Å²) in [5, 5.41) is 14.5. The second-order valence-corrected chi connectivity index (χ2v) is 6.07. The summed E-state index contributed by atoms with van der Waals surface area (Å²) >= 11 is 0. The predicted molar refractivity (Wildman–Crippen MR) is 92.0 cm³/mol. The van der Waals surface area contributed by atoms with E-state index in [9.17, 15) is 35.5 Å². The van der Waals surface area contributed by atoms with Gasteiger partial charge in [0.1, 0.15) is 28.1 Å². The molecule has 0 saturated heterocycles. The summed E-state index contributed by atoms with van der Waals surface area (Å²) in [5.41, 5.74) is -3.29. The molecule has 2 heterocycles. The van der Waals surface area contributed by atoms with Crippen molar-refractivity contribution in [2.45, 2.75) is 12.5 Å². The largest absolute Gasteiger partial charge is 0.573 e. The minimum absolute atomic E-state index is 0.116. The van der Waals surface area contributed by atoms with Gasteiger partial charge in [-0.3, -0.25) is 10.0 Å². The number of benzene rings is 1. The maximum absolute atomic E-state index is 14.7. The molecule has 2 N–H and O–H groups in total. The fourth-order valence-corrected chi connectivity index (χ4v) is 2.41. The molecule has 0 unspecified atom stereocenters. The molecule has 0 saturated carbocycles. The summed E-state index contributed by atoms with van der Waals surface area (Å²) in [6, 6.07) is 4.65. The van der Waals surface area contributed by atoms with Crippen molar-refractivity contribution in [1.82, 2.24) is 10.1 Å². The van der Waals surface area contributed by atoms with E-state index >= 15 is 0 Å². The summed E-state index contributed by atoms with van der Waals surface area (Å²) in [4.78, 5) is 15.9. The first-order chi connectivity index (χ1) is 15.3. The molecule has 8 nitrogen and oxygen atoms in total. The molecule has 0 atom stereocenters. The molecule has 3 aromatic rings. The van der Waals surface area contributed by atoms with Crippen molar-refractivity contribution in [2.75, 3.05) is 5.32 Å². The van der Waals surface area contributed by atoms with Crippen LogP contribution in [0, 0.1) is 5.82 Å². The van der Waals surface area contributed by atoms with Gasteiger partial charge in [0.25, 0.3) is 12.1 Å². The van der Waals surface area contributed by atoms with Gasteiger partial charge in [-0.1, -0.05) is 0 Å². The van der Waals surface area contributed by atoms with Crippen molar-refractivity contribution in [3.8, 4) is 17.2 Å². The Kier molecular flexibility index (Phi) is 6.23. The Labute approximate surface area is 178 Å². The topological polar surface area (TPSA) is 97.5 Å². The molecule has 0 radical (unpaired) electrons. The molecule has 2 aromatic heterocycles. The molecule has 1 amide bonds. The Hall–Kier alpha value is -4.17. The number of carbonyl (C=O) groups is 1. The SMILES string of the molecule is O=C(Nc1cc[n+](O)nc1)c1c(Oc2ccc(OC(F)(F)F)cc2)cnc(C(F)(F)F)c1F. The number of hydrogen-bond donors (Lipinski definition) is 2. The number of alkyl halides is 6. The number of rotatable bonds is 5. The second-order valence-electron chi connectivity index (χ2n) is 6.07. The Bertz CT molecular complexity index is 1150. The maximum Gasteiger partial charge on any atom is 0.573 e. The van der Waals surface area contributed by atoms with E-state index < -0.39 is 47.0 Å². The zero-order valence-corrected chi connectivity index (χ0v) is 15.8. The van der Waals surface area contributed by atoms with Crippen molar-refractivity contribution in [1.29, 1.82) is 0 Å². The van der Waals surface area contributed by atoms with E-state index in [-0.39, 0.29) is 11.4 Å². The minimum Gasteiger partial charge on any atom is -0.455 e. The first kappa shape index (κ1) is 23.5. The highest BCUT2D eigenvalue weighted by Crippen LogP contribution is 2.36. The Balaban J connectivity index is 1.96. The quantitative estimate of drug-likeness (QED) is 0.325. The van der Waals surface area contributed by atoms with E-state index in [1.807, 2.05) is 0 Å². The van der Waals surface area contributed by atoms with Gasteiger partial charge in [-0.25, -0.2) is 9.37 Å². The highest BCUT2D eigenvalue weighted by atomic mass is 19.4. The van der Waals surface area contributed by atoms with Gasteiger partial charge in [0.2, 0.25) is 0 Å². The maximum atomic E-state index is 14.7. The third kappa shape index (κ3) is 5.96. The van der Waals surface area contributed by atoms with Crippen LogP contribution in [0.25, 0.3) is 0 Å². The van der Waals surface area contributed by atoms with Gasteiger partial charge < -0.3 is 14.8 Å². The standard InChI is InChI=1S/C18H9F7N4O4/c19-14-13(16(30)28-9-5-6-29(31)27-7-9)12(8-26-15(14)17(20,21)22)32-10-1-3-11(4-2-10)33-18(23,24)25/h1-8,31H/p+1. The number of nitrogens with zero attached hydrogens (tertiary/aromatic N) is 3. The Morgan fingerprint density at radius 3 is 2.18 bits per heavy atom. The molecule has 0 bridgehead atoms. The van der Waals surface area contributed by atoms with Crippen LogP contribution in [-0.2, 0) is 6.18 Å². The first-order valence-corrected chi connectivity index (χ1v) is 8.51. The molecule has 33 heavy (non-hydrogen) atoms. The highest BCUT2D eigenvalue weighted by Gasteiger charge is 2.39. The average molecular weight is 479 g/mol. The van der Waals surface area contributed by atoms with Crippen LogP contribution in [0.5, 0.6) is 17.2 Å². The van der Waals surface area contributed by atoms with Crippen molar-refractivity contribution >= 4 is 11.6 Å². The Morgan fingerprint density at radius 1 is 1.00 bits per heavy atom. The van der Waals surface area contributed by atoms with E-state index in [0.29, 0.717) is 11.0 Å². The van der Waals surface area contributed by atoms with Crippen LogP contribution in [-0.4, -0.2) is 27.6 Å². The number of carbonyl (C=O) groups excluding carboxylic acids is 1. The molecule has 0 aliphatic rings. The normalized spacial score (nSPS) is 11.7. The highest BCUT2D eigenvalue weighted by molar-refractivity contribution is 6.06. The van der Waals surface area contributed by atoms with Crippen LogP contribution >= 0.6 is 0 Å². The van der Waals surface area contributed by atoms with E-state index in [1.54, 1.807) is 0 Å². The molecule has 0 aliphatic carbocycles. The van der Waals surface area contributed by atoms with Gasteiger partial charge in [-0.05, 0) is 24.3 Å². The molecule has 0 fully saturated rings. The van der Waals surface area contributed by atoms with Gasteiger partial charge in [0, 0.05) is 11.2 Å². The van der Waals surface area contributed by atoms with Crippen LogP contribution in [0.3, 0.4) is 0 Å². The molecule has 0 spiro atoms. The number of amides is 1. The first-order valence-electron chi connectivity index (χ1n) is 8.51. The van der Waals surface area contributed by atoms with Crippen LogP contribution < -0.4 is 19.6 Å². The van der Waals surface area contributed by atoms with Crippen molar-refractivity contribution in [3.63, 3.8) is 0 Å². The molecule has 15 heteroatoms. The van der Waals surface area contributed by atoms with Gasteiger partial charge in [-0.2, -0.15) is 13.2 Å². The lowest BCUT2D eigenvalue weighted by atomic mass is 10.1. The average Bonchev–Trinajstić information content (AvgIpc) is 2.69. The third-order valence-corrected chi connectivity index (χ3v) is 3.73. The van der Waals surface area contributed by atoms with E-state index in [4.69, 9.17) is 9.94 Å². The van der Waals surface area contributed by atoms with Gasteiger partial charge in [0.05, 0.1) is 11.9 Å². The van der Waals surface area contributed by atoms with Crippen LogP contribution in [0.4, 0.5) is 36.4 Å². The zero-order valence-electron chi connectivity index (χ0n) is 15.8. The molecular formula is C18H10F7N4O4+. The number of hydrogen-bond acceptors (Lipinski definition) is 6. The predicted octanol–water partition coefficient (Wildman–Crippen LogP) is 4.10. The summed E-state index contributed by atoms with van der Waals surface area (Å²) in [7, 11) is 0. The summed E-state index contributed by atoms with van der Waals surface area (Å²) in [6.07, 6.45) is -7.88. The van der Waals surface area contributed by atoms with Crippen LogP contribution in [0.2, 0.25) is 0 Å². The smallest absolute Gasteiger partial charge is 0.455 e. The minimum atomic E-state index is -5.25. The van der Waals surface area contributed by atoms with Gasteiger partial charge in [-0.15, -0.1) is 13.2 Å². The number of aromatic nitrogens is 3. The number of nitrogens with one attached hydrogen (secondary N) is 1. The van der Waals surface area contributed by atoms with Crippen molar-refractivity contribution in [3.05, 3.63) is 66.0 Å². The fourth-order valence-electron chi connectivity index (χ4n) is 2.41. The molecule has 1 aromatic carbocycles. The van der Waals surface area contributed by atoms with Crippen molar-refractivity contribution < 1.29 is 55.1 Å². The summed E-state index contributed by atoms with van der Waals surface area (Å²) in [6.45, 7) is 0.